The zero-order valence-electron chi connectivity index (χ0n) is 21.8. The second-order valence-electron chi connectivity index (χ2n) is 8.82. The van der Waals surface area contributed by atoms with Crippen molar-refractivity contribution in [1.29, 1.82) is 0 Å². The first-order valence-electron chi connectivity index (χ1n) is 12.2. The number of methoxy groups -OCH3 is 1. The number of esters is 1. The maximum absolute atomic E-state index is 13.8. The number of ether oxygens (including phenoxy) is 2. The highest BCUT2D eigenvalue weighted by atomic mass is 35.5. The number of hydrogen-bond donors (Lipinski definition) is 0. The number of carbonyl (C=O) groups excluding carboxylic acids is 1. The van der Waals surface area contributed by atoms with Crippen molar-refractivity contribution in [2.75, 3.05) is 13.7 Å². The summed E-state index contributed by atoms with van der Waals surface area (Å²) in [7, 11) is 1.55. The van der Waals surface area contributed by atoms with Gasteiger partial charge in [-0.25, -0.2) is 9.79 Å². The van der Waals surface area contributed by atoms with E-state index in [2.05, 4.69) is 4.99 Å². The lowest BCUT2D eigenvalue weighted by Gasteiger charge is -2.24. The van der Waals surface area contributed by atoms with Crippen LogP contribution in [0.4, 0.5) is 5.69 Å². The van der Waals surface area contributed by atoms with E-state index >= 15 is 0 Å². The molecular formula is C28H21Cl2N3O7S. The molecule has 1 atom stereocenters. The molecule has 10 nitrogen and oxygen atoms in total. The van der Waals surface area contributed by atoms with Crippen LogP contribution < -0.4 is 19.6 Å². The molecule has 2 aromatic carbocycles. The number of carbonyl (C=O) groups is 1. The zero-order chi connectivity index (χ0) is 29.4. The molecule has 0 spiro atoms. The molecule has 0 saturated carbocycles. The molecule has 4 aromatic rings. The van der Waals surface area contributed by atoms with Crippen LogP contribution in [0.2, 0.25) is 10.0 Å². The van der Waals surface area contributed by atoms with Gasteiger partial charge in [-0.2, -0.15) is 0 Å². The van der Waals surface area contributed by atoms with Crippen LogP contribution in [0.1, 0.15) is 31.2 Å². The fourth-order valence-corrected chi connectivity index (χ4v) is 5.97. The van der Waals surface area contributed by atoms with Gasteiger partial charge in [-0.15, -0.1) is 0 Å². The number of nitro groups is 1. The first-order valence-corrected chi connectivity index (χ1v) is 13.8. The lowest BCUT2D eigenvalue weighted by Crippen LogP contribution is -2.39. The SMILES string of the molecule is CCOC(=O)C1=C(C)N=c2s/c(=C/c3ccc(-c4cc(Cl)c([N+](=O)[O-])cc4Cl)o3)c(=O)n2C1c1ccc(OC)cc1. The third kappa shape index (κ3) is 5.31. The van der Waals surface area contributed by atoms with E-state index in [0.29, 0.717) is 43.4 Å². The van der Waals surface area contributed by atoms with Crippen LogP contribution in [-0.2, 0) is 9.53 Å². The summed E-state index contributed by atoms with van der Waals surface area (Å²) in [6, 6.07) is 12.1. The van der Waals surface area contributed by atoms with Gasteiger partial charge in [0.25, 0.3) is 11.2 Å². The third-order valence-electron chi connectivity index (χ3n) is 6.35. The van der Waals surface area contributed by atoms with Gasteiger partial charge in [0.2, 0.25) is 0 Å². The zero-order valence-corrected chi connectivity index (χ0v) is 24.2. The lowest BCUT2D eigenvalue weighted by molar-refractivity contribution is -0.384. The molecule has 0 aliphatic carbocycles. The number of nitrogens with zero attached hydrogens (tertiary/aromatic N) is 3. The number of furan rings is 1. The highest BCUT2D eigenvalue weighted by Gasteiger charge is 2.33. The maximum atomic E-state index is 13.8. The minimum absolute atomic E-state index is 0.0860. The molecule has 1 aliphatic heterocycles. The van der Waals surface area contributed by atoms with Gasteiger partial charge in [0, 0.05) is 17.7 Å². The average Bonchev–Trinajstić information content (AvgIpc) is 3.53. The van der Waals surface area contributed by atoms with Crippen LogP contribution in [-0.4, -0.2) is 29.2 Å². The number of fused-ring (bicyclic) bond motifs is 1. The van der Waals surface area contributed by atoms with Crippen molar-refractivity contribution in [3.8, 4) is 17.1 Å². The number of hydrogen-bond acceptors (Lipinski definition) is 9. The Morgan fingerprint density at radius 2 is 1.93 bits per heavy atom. The normalized spacial score (nSPS) is 15.0. The molecule has 0 saturated heterocycles. The molecule has 5 rings (SSSR count). The van der Waals surface area contributed by atoms with E-state index in [1.54, 1.807) is 63.4 Å². The van der Waals surface area contributed by atoms with Gasteiger partial charge in [0.05, 0.1) is 45.5 Å². The number of allylic oxidation sites excluding steroid dienone is 1. The summed E-state index contributed by atoms with van der Waals surface area (Å²) in [6.45, 7) is 3.58. The number of aromatic nitrogens is 1. The third-order valence-corrected chi connectivity index (χ3v) is 7.95. The standard InChI is InChI=1S/C28H21Cl2N3O7S/c1-4-39-27(35)24-14(2)31-28-32(25(24)15-5-7-16(38-3)8-6-15)26(34)23(41-28)11-17-9-10-22(40-17)18-12-20(30)21(33(36)37)13-19(18)29/h5-13,25H,4H2,1-3H3/b23-11+. The second kappa shape index (κ2) is 11.4. The van der Waals surface area contributed by atoms with Crippen molar-refractivity contribution in [2.45, 2.75) is 19.9 Å². The molecule has 0 radical (unpaired) electrons. The van der Waals surface area contributed by atoms with Crippen molar-refractivity contribution in [3.63, 3.8) is 0 Å². The highest BCUT2D eigenvalue weighted by molar-refractivity contribution is 7.07. The van der Waals surface area contributed by atoms with Crippen LogP contribution in [0.3, 0.4) is 0 Å². The monoisotopic (exact) mass is 613 g/mol. The molecule has 210 valence electrons. The van der Waals surface area contributed by atoms with Crippen LogP contribution in [0.25, 0.3) is 17.4 Å². The molecule has 1 aliphatic rings. The fourth-order valence-electron chi connectivity index (χ4n) is 4.46. The summed E-state index contributed by atoms with van der Waals surface area (Å²) in [6.07, 6.45) is 1.56. The van der Waals surface area contributed by atoms with Gasteiger partial charge in [-0.05, 0) is 49.7 Å². The summed E-state index contributed by atoms with van der Waals surface area (Å²) in [5.74, 6) is 0.709. The highest BCUT2D eigenvalue weighted by Crippen LogP contribution is 2.37. The Hall–Kier alpha value is -4.19. The van der Waals surface area contributed by atoms with E-state index in [1.165, 1.54) is 10.6 Å². The first-order chi connectivity index (χ1) is 19.6. The van der Waals surface area contributed by atoms with Gasteiger partial charge >= 0.3 is 5.97 Å². The topological polar surface area (TPSA) is 126 Å². The van der Waals surface area contributed by atoms with Gasteiger partial charge in [-0.1, -0.05) is 46.7 Å². The lowest BCUT2D eigenvalue weighted by atomic mass is 9.96. The maximum Gasteiger partial charge on any atom is 0.338 e. The van der Waals surface area contributed by atoms with Crippen molar-refractivity contribution in [1.82, 2.24) is 4.57 Å². The van der Waals surface area contributed by atoms with E-state index in [1.807, 2.05) is 0 Å². The van der Waals surface area contributed by atoms with E-state index in [-0.39, 0.29) is 33.5 Å². The van der Waals surface area contributed by atoms with Crippen molar-refractivity contribution in [2.24, 2.45) is 4.99 Å². The van der Waals surface area contributed by atoms with Gasteiger partial charge in [0.15, 0.2) is 4.80 Å². The largest absolute Gasteiger partial charge is 0.497 e. The van der Waals surface area contributed by atoms with E-state index in [9.17, 15) is 19.7 Å². The number of benzene rings is 2. The van der Waals surface area contributed by atoms with E-state index in [4.69, 9.17) is 37.1 Å². The summed E-state index contributed by atoms with van der Waals surface area (Å²) in [4.78, 5) is 42.3. The summed E-state index contributed by atoms with van der Waals surface area (Å²) >= 11 is 13.5. The molecule has 0 amide bonds. The molecule has 2 aromatic heterocycles. The molecule has 1 unspecified atom stereocenters. The smallest absolute Gasteiger partial charge is 0.338 e. The summed E-state index contributed by atoms with van der Waals surface area (Å²) in [5, 5.41) is 11.2. The minimum atomic E-state index is -0.772. The molecule has 13 heteroatoms. The Labute approximate surface area is 246 Å². The minimum Gasteiger partial charge on any atom is -0.497 e. The number of rotatable bonds is 7. The molecule has 0 N–H and O–H groups in total. The predicted octanol–water partition coefficient (Wildman–Crippen LogP) is 5.28. The Kier molecular flexibility index (Phi) is 7.85. The average molecular weight is 614 g/mol. The predicted molar refractivity (Wildman–Crippen MR) is 154 cm³/mol. The van der Waals surface area contributed by atoms with Gasteiger partial charge in [0.1, 0.15) is 22.3 Å². The van der Waals surface area contributed by atoms with Gasteiger partial charge in [-0.3, -0.25) is 19.5 Å². The Morgan fingerprint density at radius 3 is 2.59 bits per heavy atom. The Morgan fingerprint density at radius 1 is 1.20 bits per heavy atom. The fraction of sp³-hybridized carbons (Fsp3) is 0.179. The summed E-state index contributed by atoms with van der Waals surface area (Å²) in [5.41, 5.74) is 1.05. The van der Waals surface area contributed by atoms with Crippen molar-refractivity contribution < 1.29 is 23.6 Å². The van der Waals surface area contributed by atoms with E-state index < -0.39 is 16.9 Å². The Bertz CT molecular complexity index is 1910. The van der Waals surface area contributed by atoms with E-state index in [0.717, 1.165) is 17.4 Å². The molecule has 41 heavy (non-hydrogen) atoms. The van der Waals surface area contributed by atoms with Crippen molar-refractivity contribution >= 4 is 52.3 Å². The Balaban J connectivity index is 1.61. The molecule has 0 fully saturated rings. The molecule has 0 bridgehead atoms. The van der Waals surface area contributed by atoms with Crippen LogP contribution in [0.5, 0.6) is 5.75 Å². The second-order valence-corrected chi connectivity index (χ2v) is 10.6. The van der Waals surface area contributed by atoms with Crippen LogP contribution in [0.15, 0.2) is 74.0 Å². The van der Waals surface area contributed by atoms with Crippen molar-refractivity contribution in [3.05, 3.63) is 111 Å². The number of halogens is 2. The molecule has 3 heterocycles. The van der Waals surface area contributed by atoms with Crippen LogP contribution in [0, 0.1) is 10.1 Å². The van der Waals surface area contributed by atoms with Crippen LogP contribution >= 0.6 is 34.5 Å². The number of thiazole rings is 1. The number of nitro benzene ring substituents is 1. The molecular weight excluding hydrogens is 593 g/mol. The summed E-state index contributed by atoms with van der Waals surface area (Å²) < 4.78 is 18.3. The van der Waals surface area contributed by atoms with Gasteiger partial charge < -0.3 is 13.9 Å². The quantitative estimate of drug-likeness (QED) is 0.158. The first kappa shape index (κ1) is 28.3.